The van der Waals surface area contributed by atoms with Crippen molar-refractivity contribution in [1.82, 2.24) is 9.80 Å². The summed E-state index contributed by atoms with van der Waals surface area (Å²) in [4.78, 5) is 16.8. The van der Waals surface area contributed by atoms with Crippen LogP contribution < -0.4 is 4.74 Å². The maximum Gasteiger partial charge on any atom is 0.260 e. The minimum absolute atomic E-state index is 0.0802. The minimum atomic E-state index is 0.0802. The molecule has 4 rings (SSSR count). The molecule has 2 aliphatic rings. The second-order valence-electron chi connectivity index (χ2n) is 7.95. The van der Waals surface area contributed by atoms with Crippen molar-refractivity contribution in [2.45, 2.75) is 38.8 Å². The summed E-state index contributed by atoms with van der Waals surface area (Å²) in [5.74, 6) is 1.34. The summed E-state index contributed by atoms with van der Waals surface area (Å²) in [7, 11) is 0. The molecule has 0 spiro atoms. The number of fused-ring (bicyclic) bond motifs is 1. The zero-order valence-electron chi connectivity index (χ0n) is 16.2. The van der Waals surface area contributed by atoms with Gasteiger partial charge in [0.05, 0.1) is 0 Å². The Hall–Kier alpha value is -2.33. The van der Waals surface area contributed by atoms with Crippen LogP contribution in [0.2, 0.25) is 0 Å². The molecule has 4 nitrogen and oxygen atoms in total. The van der Waals surface area contributed by atoms with E-state index in [0.29, 0.717) is 12.0 Å². The van der Waals surface area contributed by atoms with Gasteiger partial charge in [-0.25, -0.2) is 0 Å². The number of amides is 1. The van der Waals surface area contributed by atoms with Crippen LogP contribution in [0.1, 0.15) is 36.5 Å². The van der Waals surface area contributed by atoms with E-state index in [1.165, 1.54) is 16.7 Å². The Kier molecular flexibility index (Phi) is 5.17. The Morgan fingerprint density at radius 1 is 1.07 bits per heavy atom. The average Bonchev–Trinajstić information content (AvgIpc) is 2.65. The molecule has 142 valence electrons. The number of nitrogens with zero attached hydrogens (tertiary/aromatic N) is 2. The molecule has 2 heterocycles. The highest BCUT2D eigenvalue weighted by Gasteiger charge is 2.35. The van der Waals surface area contributed by atoms with Crippen LogP contribution in [0.25, 0.3) is 0 Å². The van der Waals surface area contributed by atoms with Gasteiger partial charge in [0.15, 0.2) is 6.61 Å². The van der Waals surface area contributed by atoms with E-state index < -0.39 is 0 Å². The molecule has 2 aliphatic heterocycles. The van der Waals surface area contributed by atoms with Crippen LogP contribution >= 0.6 is 0 Å². The van der Waals surface area contributed by atoms with Crippen molar-refractivity contribution in [2.24, 2.45) is 0 Å². The summed E-state index contributed by atoms with van der Waals surface area (Å²) in [5, 5.41) is 0. The van der Waals surface area contributed by atoms with Gasteiger partial charge in [-0.15, -0.1) is 0 Å². The van der Waals surface area contributed by atoms with E-state index in [-0.39, 0.29) is 12.5 Å². The number of carbonyl (C=O) groups excluding carboxylic acids is 1. The molecule has 1 amide bonds. The molecule has 0 unspecified atom stereocenters. The Balaban J connectivity index is 1.23. The van der Waals surface area contributed by atoms with Gasteiger partial charge in [-0.3, -0.25) is 9.69 Å². The van der Waals surface area contributed by atoms with E-state index >= 15 is 0 Å². The van der Waals surface area contributed by atoms with E-state index in [2.05, 4.69) is 55.1 Å². The molecular formula is C23H28N2O2. The van der Waals surface area contributed by atoms with Gasteiger partial charge < -0.3 is 9.64 Å². The fraction of sp³-hybridized carbons (Fsp3) is 0.435. The third-order valence-electron chi connectivity index (χ3n) is 5.80. The van der Waals surface area contributed by atoms with Gasteiger partial charge in [0.2, 0.25) is 0 Å². The first-order valence-electron chi connectivity index (χ1n) is 9.91. The van der Waals surface area contributed by atoms with E-state index in [9.17, 15) is 4.79 Å². The van der Waals surface area contributed by atoms with Crippen LogP contribution in [-0.2, 0) is 17.8 Å². The monoisotopic (exact) mass is 364 g/mol. The third-order valence-corrected chi connectivity index (χ3v) is 5.80. The molecular weight excluding hydrogens is 336 g/mol. The molecule has 0 aromatic heterocycles. The van der Waals surface area contributed by atoms with Crippen LogP contribution in [0.3, 0.4) is 0 Å². The first kappa shape index (κ1) is 18.1. The van der Waals surface area contributed by atoms with Crippen LogP contribution in [0.15, 0.2) is 48.5 Å². The molecule has 4 heteroatoms. The standard InChI is InChI=1S/C23H28N2O2/c1-17(2)18-7-9-22(10-8-18)27-16-23(26)25-14-21(15-25)24-12-11-19-5-3-4-6-20(19)13-24/h3-10,17,21H,11-16H2,1-2H3. The smallest absolute Gasteiger partial charge is 0.260 e. The summed E-state index contributed by atoms with van der Waals surface area (Å²) >= 11 is 0. The molecule has 2 aromatic carbocycles. The Bertz CT molecular complexity index is 794. The zero-order valence-corrected chi connectivity index (χ0v) is 16.2. The second kappa shape index (κ2) is 7.73. The van der Waals surface area contributed by atoms with Crippen molar-refractivity contribution >= 4 is 5.91 Å². The number of ether oxygens (including phenoxy) is 1. The van der Waals surface area contributed by atoms with Gasteiger partial charge >= 0.3 is 0 Å². The first-order valence-corrected chi connectivity index (χ1v) is 9.91. The largest absolute Gasteiger partial charge is 0.484 e. The van der Waals surface area contributed by atoms with E-state index in [0.717, 1.165) is 38.3 Å². The van der Waals surface area contributed by atoms with Crippen molar-refractivity contribution in [3.63, 3.8) is 0 Å². The van der Waals surface area contributed by atoms with Crippen LogP contribution in [0.5, 0.6) is 5.75 Å². The number of carbonyl (C=O) groups is 1. The quantitative estimate of drug-likeness (QED) is 0.815. The maximum absolute atomic E-state index is 12.4. The van der Waals surface area contributed by atoms with Gasteiger partial charge in [-0.2, -0.15) is 0 Å². The lowest BCUT2D eigenvalue weighted by Gasteiger charge is -2.46. The molecule has 0 atom stereocenters. The summed E-state index contributed by atoms with van der Waals surface area (Å²) < 4.78 is 5.68. The van der Waals surface area contributed by atoms with Crippen molar-refractivity contribution in [2.75, 3.05) is 26.2 Å². The number of hydrogen-bond donors (Lipinski definition) is 0. The lowest BCUT2D eigenvalue weighted by atomic mass is 9.96. The number of hydrogen-bond acceptors (Lipinski definition) is 3. The van der Waals surface area contributed by atoms with Gasteiger partial charge in [0, 0.05) is 32.2 Å². The molecule has 1 saturated heterocycles. The normalized spacial score (nSPS) is 17.5. The zero-order chi connectivity index (χ0) is 18.8. The molecule has 0 radical (unpaired) electrons. The fourth-order valence-corrected chi connectivity index (χ4v) is 3.90. The van der Waals surface area contributed by atoms with Crippen molar-refractivity contribution in [3.8, 4) is 5.75 Å². The summed E-state index contributed by atoms with van der Waals surface area (Å²) in [6, 6.07) is 17.2. The van der Waals surface area contributed by atoms with Crippen molar-refractivity contribution < 1.29 is 9.53 Å². The minimum Gasteiger partial charge on any atom is -0.484 e. The summed E-state index contributed by atoms with van der Waals surface area (Å²) in [5.41, 5.74) is 4.18. The Labute approximate surface area is 161 Å². The fourth-order valence-electron chi connectivity index (χ4n) is 3.90. The summed E-state index contributed by atoms with van der Waals surface area (Å²) in [6.07, 6.45) is 1.11. The maximum atomic E-state index is 12.4. The highest BCUT2D eigenvalue weighted by atomic mass is 16.5. The van der Waals surface area contributed by atoms with Gasteiger partial charge in [-0.1, -0.05) is 50.2 Å². The molecule has 0 N–H and O–H groups in total. The van der Waals surface area contributed by atoms with E-state index in [1.807, 2.05) is 17.0 Å². The topological polar surface area (TPSA) is 32.8 Å². The highest BCUT2D eigenvalue weighted by molar-refractivity contribution is 5.78. The third kappa shape index (κ3) is 4.01. The predicted octanol–water partition coefficient (Wildman–Crippen LogP) is 3.46. The van der Waals surface area contributed by atoms with Crippen LogP contribution in [0.4, 0.5) is 0 Å². The molecule has 1 fully saturated rings. The van der Waals surface area contributed by atoms with Gasteiger partial charge in [-0.05, 0) is 41.2 Å². The van der Waals surface area contributed by atoms with E-state index in [4.69, 9.17) is 4.74 Å². The molecule has 0 saturated carbocycles. The number of benzene rings is 2. The number of likely N-dealkylation sites (tertiary alicyclic amines) is 1. The lowest BCUT2D eigenvalue weighted by Crippen LogP contribution is -2.62. The molecule has 27 heavy (non-hydrogen) atoms. The van der Waals surface area contributed by atoms with Crippen LogP contribution in [0, 0.1) is 0 Å². The number of rotatable bonds is 5. The lowest BCUT2D eigenvalue weighted by molar-refractivity contribution is -0.141. The SMILES string of the molecule is CC(C)c1ccc(OCC(=O)N2CC(N3CCc4ccccc4C3)C2)cc1. The van der Waals surface area contributed by atoms with Crippen molar-refractivity contribution in [1.29, 1.82) is 0 Å². The van der Waals surface area contributed by atoms with E-state index in [1.54, 1.807) is 0 Å². The average molecular weight is 364 g/mol. The summed E-state index contributed by atoms with van der Waals surface area (Å²) in [6.45, 7) is 8.18. The predicted molar refractivity (Wildman–Crippen MR) is 107 cm³/mol. The molecule has 0 bridgehead atoms. The second-order valence-corrected chi connectivity index (χ2v) is 7.95. The first-order chi connectivity index (χ1) is 13.1. The Morgan fingerprint density at radius 3 is 2.48 bits per heavy atom. The highest BCUT2D eigenvalue weighted by Crippen LogP contribution is 2.24. The van der Waals surface area contributed by atoms with Gasteiger partial charge in [0.25, 0.3) is 5.91 Å². The molecule has 0 aliphatic carbocycles. The van der Waals surface area contributed by atoms with Crippen LogP contribution in [-0.4, -0.2) is 48.0 Å². The van der Waals surface area contributed by atoms with Crippen molar-refractivity contribution in [3.05, 3.63) is 65.2 Å². The van der Waals surface area contributed by atoms with Gasteiger partial charge in [0.1, 0.15) is 5.75 Å². The Morgan fingerprint density at radius 2 is 1.78 bits per heavy atom. The molecule has 2 aromatic rings.